The molecule has 1 aromatic heterocycles. The number of halogens is 3. The number of carbonyl (C=O) groups is 1. The molecule has 98 valence electrons. The van der Waals surface area contributed by atoms with Crippen LogP contribution in [0.5, 0.6) is 0 Å². The fourth-order valence-electron chi connectivity index (χ4n) is 1.53. The average Bonchev–Trinajstić information content (AvgIpc) is 2.33. The van der Waals surface area contributed by atoms with E-state index in [1.165, 1.54) is 24.3 Å². The smallest absolute Gasteiger partial charge is 0.255 e. The number of benzene rings is 1. The summed E-state index contributed by atoms with van der Waals surface area (Å²) in [6.45, 7) is 1.58. The second-order valence-electron chi connectivity index (χ2n) is 3.87. The molecule has 1 amide bonds. The molecular weight excluding hydrogens is 290 g/mol. The lowest BCUT2D eigenvalue weighted by atomic mass is 10.1. The molecule has 0 radical (unpaired) electrons. The van der Waals surface area contributed by atoms with Gasteiger partial charge in [-0.25, -0.2) is 9.37 Å². The lowest BCUT2D eigenvalue weighted by molar-refractivity contribution is 0.102. The Kier molecular flexibility index (Phi) is 4.02. The van der Waals surface area contributed by atoms with Crippen LogP contribution < -0.4 is 5.32 Å². The fraction of sp³-hybridized carbons (Fsp3) is 0.0769. The highest BCUT2D eigenvalue weighted by Crippen LogP contribution is 2.20. The van der Waals surface area contributed by atoms with Gasteiger partial charge in [-0.05, 0) is 31.2 Å². The number of amides is 1. The van der Waals surface area contributed by atoms with E-state index in [9.17, 15) is 9.18 Å². The van der Waals surface area contributed by atoms with Crippen LogP contribution in [-0.2, 0) is 0 Å². The zero-order valence-corrected chi connectivity index (χ0v) is 11.4. The Morgan fingerprint density at radius 1 is 1.26 bits per heavy atom. The third-order valence-electron chi connectivity index (χ3n) is 2.54. The summed E-state index contributed by atoms with van der Waals surface area (Å²) in [5.74, 6) is -0.816. The van der Waals surface area contributed by atoms with Crippen molar-refractivity contribution in [2.24, 2.45) is 0 Å². The number of hydrogen-bond acceptors (Lipinski definition) is 2. The van der Waals surface area contributed by atoms with Crippen LogP contribution in [0.3, 0.4) is 0 Å². The van der Waals surface area contributed by atoms with Crippen molar-refractivity contribution in [3.8, 4) is 0 Å². The Hall–Kier alpha value is -1.65. The van der Waals surface area contributed by atoms with Crippen LogP contribution in [0.2, 0.25) is 10.3 Å². The Labute approximate surface area is 119 Å². The molecule has 0 aliphatic carbocycles. The first kappa shape index (κ1) is 13.8. The molecule has 0 aliphatic rings. The van der Waals surface area contributed by atoms with Gasteiger partial charge in [0.15, 0.2) is 0 Å². The molecule has 2 rings (SSSR count). The van der Waals surface area contributed by atoms with Gasteiger partial charge >= 0.3 is 0 Å². The van der Waals surface area contributed by atoms with Gasteiger partial charge in [-0.15, -0.1) is 0 Å². The molecule has 0 aliphatic heterocycles. The topological polar surface area (TPSA) is 42.0 Å². The fourth-order valence-corrected chi connectivity index (χ4v) is 1.99. The lowest BCUT2D eigenvalue weighted by Gasteiger charge is -2.09. The largest absolute Gasteiger partial charge is 0.322 e. The van der Waals surface area contributed by atoms with Crippen molar-refractivity contribution in [3.63, 3.8) is 0 Å². The Morgan fingerprint density at radius 3 is 2.53 bits per heavy atom. The SMILES string of the molecule is Cc1c(F)cccc1NC(=O)c1cc(Cl)nc(Cl)c1. The summed E-state index contributed by atoms with van der Waals surface area (Å²) in [4.78, 5) is 15.7. The summed E-state index contributed by atoms with van der Waals surface area (Å²) in [5.41, 5.74) is 1.02. The molecule has 0 saturated carbocycles. The van der Waals surface area contributed by atoms with Crippen LogP contribution in [0, 0.1) is 12.7 Å². The molecule has 3 nitrogen and oxygen atoms in total. The van der Waals surface area contributed by atoms with Crippen molar-refractivity contribution in [1.29, 1.82) is 0 Å². The first-order valence-electron chi connectivity index (χ1n) is 5.37. The number of aromatic nitrogens is 1. The van der Waals surface area contributed by atoms with E-state index in [2.05, 4.69) is 10.3 Å². The second-order valence-corrected chi connectivity index (χ2v) is 4.64. The molecule has 0 spiro atoms. The average molecular weight is 299 g/mol. The minimum absolute atomic E-state index is 0.119. The van der Waals surface area contributed by atoms with Crippen molar-refractivity contribution in [3.05, 3.63) is 57.6 Å². The van der Waals surface area contributed by atoms with Gasteiger partial charge in [-0.3, -0.25) is 4.79 Å². The summed E-state index contributed by atoms with van der Waals surface area (Å²) < 4.78 is 13.4. The lowest BCUT2D eigenvalue weighted by Crippen LogP contribution is -2.13. The van der Waals surface area contributed by atoms with Gasteiger partial charge < -0.3 is 5.32 Å². The third kappa shape index (κ3) is 3.22. The van der Waals surface area contributed by atoms with E-state index >= 15 is 0 Å². The van der Waals surface area contributed by atoms with Crippen LogP contribution >= 0.6 is 23.2 Å². The predicted octanol–water partition coefficient (Wildman–Crippen LogP) is 4.09. The third-order valence-corrected chi connectivity index (χ3v) is 2.93. The van der Waals surface area contributed by atoms with Gasteiger partial charge in [-0.2, -0.15) is 0 Å². The molecule has 0 fully saturated rings. The zero-order chi connectivity index (χ0) is 14.0. The normalized spacial score (nSPS) is 10.3. The van der Waals surface area contributed by atoms with Crippen molar-refractivity contribution < 1.29 is 9.18 Å². The maximum atomic E-state index is 13.4. The molecule has 6 heteroatoms. The molecule has 0 saturated heterocycles. The van der Waals surface area contributed by atoms with Crippen LogP contribution in [0.4, 0.5) is 10.1 Å². The molecule has 0 bridgehead atoms. The summed E-state index contributed by atoms with van der Waals surface area (Å²) in [5, 5.41) is 2.84. The monoisotopic (exact) mass is 298 g/mol. The molecule has 1 aromatic carbocycles. The van der Waals surface area contributed by atoms with Crippen LogP contribution in [-0.4, -0.2) is 10.9 Å². The van der Waals surface area contributed by atoms with Crippen molar-refractivity contribution >= 4 is 34.8 Å². The quantitative estimate of drug-likeness (QED) is 0.849. The number of carbonyl (C=O) groups excluding carboxylic acids is 1. The van der Waals surface area contributed by atoms with Crippen molar-refractivity contribution in [1.82, 2.24) is 4.98 Å². The molecule has 1 N–H and O–H groups in total. The molecule has 0 atom stereocenters. The van der Waals surface area contributed by atoms with Gasteiger partial charge in [0.05, 0.1) is 0 Å². The summed E-state index contributed by atoms with van der Waals surface area (Å²) in [6, 6.07) is 7.23. The minimum Gasteiger partial charge on any atom is -0.322 e. The first-order chi connectivity index (χ1) is 8.97. The standard InChI is InChI=1S/C13H9Cl2FN2O/c1-7-9(16)3-2-4-10(7)17-13(19)8-5-11(14)18-12(15)6-8/h2-6H,1H3,(H,17,19). The van der Waals surface area contributed by atoms with Gasteiger partial charge in [0.25, 0.3) is 5.91 Å². The molecule has 1 heterocycles. The van der Waals surface area contributed by atoms with Crippen LogP contribution in [0.25, 0.3) is 0 Å². The molecule has 0 unspecified atom stereocenters. The van der Waals surface area contributed by atoms with Gasteiger partial charge in [-0.1, -0.05) is 29.3 Å². The van der Waals surface area contributed by atoms with E-state index in [0.717, 1.165) is 0 Å². The number of rotatable bonds is 2. The van der Waals surface area contributed by atoms with Gasteiger partial charge in [0.1, 0.15) is 16.1 Å². The van der Waals surface area contributed by atoms with E-state index in [1.807, 2.05) is 0 Å². The van der Waals surface area contributed by atoms with Crippen molar-refractivity contribution in [2.75, 3.05) is 5.32 Å². The van der Waals surface area contributed by atoms with E-state index in [0.29, 0.717) is 11.3 Å². The van der Waals surface area contributed by atoms with E-state index in [4.69, 9.17) is 23.2 Å². The van der Waals surface area contributed by atoms with Crippen LogP contribution in [0.15, 0.2) is 30.3 Å². The van der Waals surface area contributed by atoms with E-state index in [1.54, 1.807) is 13.0 Å². The highest BCUT2D eigenvalue weighted by Gasteiger charge is 2.11. The number of nitrogens with one attached hydrogen (secondary N) is 1. The maximum absolute atomic E-state index is 13.4. The molecule has 2 aromatic rings. The number of pyridine rings is 1. The van der Waals surface area contributed by atoms with Crippen LogP contribution in [0.1, 0.15) is 15.9 Å². The summed E-state index contributed by atoms with van der Waals surface area (Å²) in [6.07, 6.45) is 0. The zero-order valence-electron chi connectivity index (χ0n) is 9.88. The number of nitrogens with zero attached hydrogens (tertiary/aromatic N) is 1. The Bertz CT molecular complexity index is 626. The second kappa shape index (κ2) is 5.55. The number of hydrogen-bond donors (Lipinski definition) is 1. The van der Waals surface area contributed by atoms with Crippen molar-refractivity contribution in [2.45, 2.75) is 6.92 Å². The Balaban J connectivity index is 2.28. The highest BCUT2D eigenvalue weighted by molar-refractivity contribution is 6.33. The molecular formula is C13H9Cl2FN2O. The van der Waals surface area contributed by atoms with E-state index < -0.39 is 5.91 Å². The molecule has 19 heavy (non-hydrogen) atoms. The number of anilines is 1. The van der Waals surface area contributed by atoms with Gasteiger partial charge in [0.2, 0.25) is 0 Å². The van der Waals surface area contributed by atoms with Gasteiger partial charge in [0, 0.05) is 16.8 Å². The summed E-state index contributed by atoms with van der Waals surface area (Å²) in [7, 11) is 0. The maximum Gasteiger partial charge on any atom is 0.255 e. The minimum atomic E-state index is -0.431. The first-order valence-corrected chi connectivity index (χ1v) is 6.12. The predicted molar refractivity (Wildman–Crippen MR) is 73.3 cm³/mol. The summed E-state index contributed by atoms with van der Waals surface area (Å²) >= 11 is 11.4. The van der Waals surface area contributed by atoms with E-state index in [-0.39, 0.29) is 21.7 Å². The highest BCUT2D eigenvalue weighted by atomic mass is 35.5. The Morgan fingerprint density at radius 2 is 1.89 bits per heavy atom.